The van der Waals surface area contributed by atoms with Gasteiger partial charge in [-0.2, -0.15) is 0 Å². The second-order valence-electron chi connectivity index (χ2n) is 6.39. The van der Waals surface area contributed by atoms with Gasteiger partial charge in [0.05, 0.1) is 18.6 Å². The number of aromatic amines is 1. The van der Waals surface area contributed by atoms with Crippen LogP contribution < -0.4 is 10.1 Å². The highest BCUT2D eigenvalue weighted by atomic mass is 35.5. The Labute approximate surface area is 157 Å². The topological polar surface area (TPSA) is 74.4 Å². The summed E-state index contributed by atoms with van der Waals surface area (Å²) < 4.78 is 5.19. The largest absolute Gasteiger partial charge is 0.497 e. The maximum atomic E-state index is 12.5. The third-order valence-corrected chi connectivity index (χ3v) is 4.78. The van der Waals surface area contributed by atoms with E-state index < -0.39 is 0 Å². The third kappa shape index (κ3) is 4.58. The summed E-state index contributed by atoms with van der Waals surface area (Å²) in [6.07, 6.45) is 3.42. The number of rotatable bonds is 5. The molecule has 26 heavy (non-hydrogen) atoms. The first-order valence-electron chi connectivity index (χ1n) is 8.60. The van der Waals surface area contributed by atoms with Crippen LogP contribution in [0.3, 0.4) is 0 Å². The molecule has 1 aliphatic heterocycles. The summed E-state index contributed by atoms with van der Waals surface area (Å²) in [6, 6.07) is 9.21. The van der Waals surface area contributed by atoms with E-state index in [9.17, 15) is 9.59 Å². The second kappa shape index (κ2) is 8.27. The summed E-state index contributed by atoms with van der Waals surface area (Å²) in [5.41, 5.74) is 1.39. The minimum Gasteiger partial charge on any atom is -0.497 e. The molecule has 1 aromatic carbocycles. The fourth-order valence-electron chi connectivity index (χ4n) is 3.10. The number of carbonyl (C=O) groups excluding carboxylic acids is 2. The van der Waals surface area contributed by atoms with Crippen LogP contribution in [0.25, 0.3) is 0 Å². The fraction of sp³-hybridized carbons (Fsp3) is 0.368. The molecule has 0 bridgehead atoms. The number of benzene rings is 1. The van der Waals surface area contributed by atoms with Crippen LogP contribution in [0.15, 0.2) is 36.5 Å². The van der Waals surface area contributed by atoms with Crippen molar-refractivity contribution in [2.24, 2.45) is 0 Å². The Hall–Kier alpha value is -2.47. The molecule has 6 nitrogen and oxygen atoms in total. The highest BCUT2D eigenvalue weighted by molar-refractivity contribution is 6.30. The molecular formula is C19H22ClN3O3. The average Bonchev–Trinajstić information content (AvgIpc) is 3.09. The standard InChI is InChI=1S/C19H22ClN3O3/c1-26-16-4-2-3-13(9-16)10-18(24)23-7-5-15(6-8-23)22-19(25)17-11-14(20)12-21-17/h2-4,9,11-12,15,21H,5-8,10H2,1H3,(H,22,25). The molecule has 138 valence electrons. The molecule has 0 aliphatic carbocycles. The van der Waals surface area contributed by atoms with E-state index in [4.69, 9.17) is 16.3 Å². The van der Waals surface area contributed by atoms with Crippen LogP contribution in [-0.4, -0.2) is 47.9 Å². The summed E-state index contributed by atoms with van der Waals surface area (Å²) in [7, 11) is 1.61. The Bertz CT molecular complexity index is 782. The number of H-pyrrole nitrogens is 1. The molecule has 2 amide bonds. The van der Waals surface area contributed by atoms with Gasteiger partial charge in [0.25, 0.3) is 5.91 Å². The minimum absolute atomic E-state index is 0.0606. The van der Waals surface area contributed by atoms with Gasteiger partial charge in [-0.25, -0.2) is 0 Å². The van der Waals surface area contributed by atoms with Crippen molar-refractivity contribution in [3.8, 4) is 5.75 Å². The van der Waals surface area contributed by atoms with Gasteiger partial charge in [0.2, 0.25) is 5.91 Å². The molecule has 0 radical (unpaired) electrons. The van der Waals surface area contributed by atoms with Crippen LogP contribution in [0.4, 0.5) is 0 Å². The van der Waals surface area contributed by atoms with E-state index in [1.165, 1.54) is 0 Å². The Balaban J connectivity index is 1.48. The van der Waals surface area contributed by atoms with E-state index in [1.54, 1.807) is 19.4 Å². The van der Waals surface area contributed by atoms with Gasteiger partial charge >= 0.3 is 0 Å². The van der Waals surface area contributed by atoms with E-state index in [0.29, 0.717) is 30.2 Å². The summed E-state index contributed by atoms with van der Waals surface area (Å²) in [6.45, 7) is 1.28. The molecule has 7 heteroatoms. The predicted molar refractivity (Wildman–Crippen MR) is 99.6 cm³/mol. The van der Waals surface area contributed by atoms with E-state index in [1.807, 2.05) is 29.2 Å². The quantitative estimate of drug-likeness (QED) is 0.843. The molecule has 0 atom stereocenters. The van der Waals surface area contributed by atoms with Crippen LogP contribution in [-0.2, 0) is 11.2 Å². The number of nitrogens with zero attached hydrogens (tertiary/aromatic N) is 1. The number of ether oxygens (including phenoxy) is 1. The van der Waals surface area contributed by atoms with Crippen LogP contribution >= 0.6 is 11.6 Å². The molecule has 1 fully saturated rings. The van der Waals surface area contributed by atoms with Crippen LogP contribution in [0.2, 0.25) is 5.02 Å². The minimum atomic E-state index is -0.168. The van der Waals surface area contributed by atoms with Gasteiger partial charge in [0, 0.05) is 25.3 Å². The number of hydrogen-bond donors (Lipinski definition) is 2. The normalized spacial score (nSPS) is 14.9. The number of amides is 2. The van der Waals surface area contributed by atoms with Crippen molar-refractivity contribution < 1.29 is 14.3 Å². The fourth-order valence-corrected chi connectivity index (χ4v) is 3.27. The van der Waals surface area contributed by atoms with Crippen molar-refractivity contribution in [2.45, 2.75) is 25.3 Å². The second-order valence-corrected chi connectivity index (χ2v) is 6.82. The first kappa shape index (κ1) is 18.3. The summed E-state index contributed by atoms with van der Waals surface area (Å²) in [5.74, 6) is 0.679. The number of likely N-dealkylation sites (tertiary alicyclic amines) is 1. The first-order valence-corrected chi connectivity index (χ1v) is 8.98. The number of piperidine rings is 1. The van der Waals surface area contributed by atoms with Gasteiger partial charge < -0.3 is 19.9 Å². The molecule has 2 N–H and O–H groups in total. The Morgan fingerprint density at radius 2 is 2.08 bits per heavy atom. The number of nitrogens with one attached hydrogen (secondary N) is 2. The Kier molecular flexibility index (Phi) is 5.83. The molecule has 1 aromatic heterocycles. The van der Waals surface area contributed by atoms with Crippen molar-refractivity contribution in [1.82, 2.24) is 15.2 Å². The highest BCUT2D eigenvalue weighted by Gasteiger charge is 2.24. The van der Waals surface area contributed by atoms with E-state index >= 15 is 0 Å². The van der Waals surface area contributed by atoms with Crippen molar-refractivity contribution >= 4 is 23.4 Å². The molecule has 0 spiro atoms. The zero-order valence-corrected chi connectivity index (χ0v) is 15.4. The Morgan fingerprint density at radius 1 is 1.31 bits per heavy atom. The Morgan fingerprint density at radius 3 is 2.73 bits per heavy atom. The molecule has 2 aromatic rings. The number of halogens is 1. The maximum Gasteiger partial charge on any atom is 0.267 e. The first-order chi connectivity index (χ1) is 12.5. The van der Waals surface area contributed by atoms with Crippen molar-refractivity contribution in [1.29, 1.82) is 0 Å². The number of methoxy groups -OCH3 is 1. The molecular weight excluding hydrogens is 354 g/mol. The monoisotopic (exact) mass is 375 g/mol. The lowest BCUT2D eigenvalue weighted by atomic mass is 10.0. The molecule has 2 heterocycles. The van der Waals surface area contributed by atoms with E-state index in [-0.39, 0.29) is 17.9 Å². The summed E-state index contributed by atoms with van der Waals surface area (Å²) >= 11 is 5.82. The average molecular weight is 376 g/mol. The lowest BCUT2D eigenvalue weighted by molar-refractivity contribution is -0.131. The number of carbonyl (C=O) groups is 2. The molecule has 0 saturated carbocycles. The lowest BCUT2D eigenvalue weighted by Crippen LogP contribution is -2.47. The number of hydrogen-bond acceptors (Lipinski definition) is 3. The summed E-state index contributed by atoms with van der Waals surface area (Å²) in [5, 5.41) is 3.50. The zero-order chi connectivity index (χ0) is 18.5. The van der Waals surface area contributed by atoms with Crippen molar-refractivity contribution in [2.75, 3.05) is 20.2 Å². The van der Waals surface area contributed by atoms with E-state index in [2.05, 4.69) is 10.3 Å². The molecule has 3 rings (SSSR count). The van der Waals surface area contributed by atoms with Gasteiger partial charge in [-0.1, -0.05) is 23.7 Å². The van der Waals surface area contributed by atoms with Crippen LogP contribution in [0.1, 0.15) is 28.9 Å². The summed E-state index contributed by atoms with van der Waals surface area (Å²) in [4.78, 5) is 29.3. The van der Waals surface area contributed by atoms with Gasteiger partial charge in [-0.15, -0.1) is 0 Å². The number of aromatic nitrogens is 1. The molecule has 1 saturated heterocycles. The maximum absolute atomic E-state index is 12.5. The van der Waals surface area contributed by atoms with E-state index in [0.717, 1.165) is 24.2 Å². The zero-order valence-electron chi connectivity index (χ0n) is 14.6. The van der Waals surface area contributed by atoms with Gasteiger partial charge in [0.15, 0.2) is 0 Å². The lowest BCUT2D eigenvalue weighted by Gasteiger charge is -2.32. The van der Waals surface area contributed by atoms with Crippen LogP contribution in [0, 0.1) is 0 Å². The van der Waals surface area contributed by atoms with Crippen molar-refractivity contribution in [3.05, 3.63) is 52.8 Å². The smallest absolute Gasteiger partial charge is 0.267 e. The van der Waals surface area contributed by atoms with Gasteiger partial charge in [0.1, 0.15) is 11.4 Å². The van der Waals surface area contributed by atoms with Gasteiger partial charge in [-0.05, 0) is 36.6 Å². The molecule has 1 aliphatic rings. The van der Waals surface area contributed by atoms with Gasteiger partial charge in [-0.3, -0.25) is 9.59 Å². The predicted octanol–water partition coefficient (Wildman–Crippen LogP) is 2.64. The van der Waals surface area contributed by atoms with Crippen molar-refractivity contribution in [3.63, 3.8) is 0 Å². The highest BCUT2D eigenvalue weighted by Crippen LogP contribution is 2.17. The third-order valence-electron chi connectivity index (χ3n) is 4.56. The molecule has 0 unspecified atom stereocenters. The SMILES string of the molecule is COc1cccc(CC(=O)N2CCC(NC(=O)c3cc(Cl)c[nH]3)CC2)c1. The van der Waals surface area contributed by atoms with Crippen LogP contribution in [0.5, 0.6) is 5.75 Å².